The van der Waals surface area contributed by atoms with Crippen molar-refractivity contribution in [2.75, 3.05) is 26.8 Å². The maximum atomic E-state index is 11.3. The van der Waals surface area contributed by atoms with E-state index in [2.05, 4.69) is 16.6 Å². The van der Waals surface area contributed by atoms with E-state index in [9.17, 15) is 4.79 Å². The van der Waals surface area contributed by atoms with E-state index in [1.165, 1.54) is 26.5 Å². The van der Waals surface area contributed by atoms with Crippen LogP contribution in [0.15, 0.2) is 0 Å². The Morgan fingerprint density at radius 3 is 3.00 bits per heavy atom. The lowest BCUT2D eigenvalue weighted by atomic mass is 10.1. The van der Waals surface area contributed by atoms with Gasteiger partial charge in [0.2, 0.25) is 0 Å². The fourth-order valence-corrected chi connectivity index (χ4v) is 3.14. The van der Waals surface area contributed by atoms with Gasteiger partial charge < -0.3 is 19.1 Å². The number of hydrogen-bond acceptors (Lipinski definition) is 5. The topological polar surface area (TPSA) is 48.0 Å². The molecule has 0 bridgehead atoms. The molecule has 0 amide bonds. The Kier molecular flexibility index (Phi) is 4.81. The van der Waals surface area contributed by atoms with E-state index in [1.54, 1.807) is 0 Å². The molecule has 5 heteroatoms. The minimum atomic E-state index is -0.554. The number of carbonyl (C=O) groups is 1. The van der Waals surface area contributed by atoms with Crippen LogP contribution in [0.25, 0.3) is 0 Å². The molecule has 2 aliphatic heterocycles. The number of nitrogens with zero attached hydrogens (tertiary/aromatic N) is 1. The Morgan fingerprint density at radius 1 is 1.53 bits per heavy atom. The van der Waals surface area contributed by atoms with Crippen LogP contribution in [0.3, 0.4) is 0 Å². The Morgan fingerprint density at radius 2 is 2.32 bits per heavy atom. The van der Waals surface area contributed by atoms with Gasteiger partial charge in [-0.1, -0.05) is 6.92 Å². The van der Waals surface area contributed by atoms with Crippen molar-refractivity contribution in [1.82, 2.24) is 4.90 Å². The summed E-state index contributed by atoms with van der Waals surface area (Å²) in [5.74, 6) is -0.796. The highest BCUT2D eigenvalue weighted by Crippen LogP contribution is 2.33. The van der Waals surface area contributed by atoms with Gasteiger partial charge in [0.25, 0.3) is 0 Å². The van der Waals surface area contributed by atoms with Crippen molar-refractivity contribution in [2.45, 2.75) is 57.5 Å². The number of hydrogen-bond donors (Lipinski definition) is 0. The highest BCUT2D eigenvalue weighted by Gasteiger charge is 2.41. The van der Waals surface area contributed by atoms with Crippen LogP contribution in [0.2, 0.25) is 0 Å². The zero-order valence-electron chi connectivity index (χ0n) is 12.2. The predicted molar refractivity (Wildman–Crippen MR) is 70.7 cm³/mol. The summed E-state index contributed by atoms with van der Waals surface area (Å²) >= 11 is 0. The van der Waals surface area contributed by atoms with Gasteiger partial charge in [-0.25, -0.2) is 0 Å². The van der Waals surface area contributed by atoms with Crippen molar-refractivity contribution in [3.8, 4) is 0 Å². The maximum Gasteiger partial charge on any atom is 0.308 e. The molecule has 2 saturated heterocycles. The van der Waals surface area contributed by atoms with Crippen molar-refractivity contribution < 1.29 is 19.0 Å². The Balaban J connectivity index is 1.85. The predicted octanol–water partition coefficient (Wildman–Crippen LogP) is 1.56. The zero-order valence-corrected chi connectivity index (χ0v) is 12.2. The second-order valence-electron chi connectivity index (χ2n) is 5.59. The molecule has 19 heavy (non-hydrogen) atoms. The fraction of sp³-hybridized carbons (Fsp3) is 0.929. The molecule has 0 aromatic heterocycles. The van der Waals surface area contributed by atoms with Gasteiger partial charge >= 0.3 is 5.97 Å². The average molecular weight is 271 g/mol. The summed E-state index contributed by atoms with van der Waals surface area (Å²) in [5.41, 5.74) is 0. The van der Waals surface area contributed by atoms with Gasteiger partial charge in [0.1, 0.15) is 0 Å². The van der Waals surface area contributed by atoms with E-state index in [1.807, 2.05) is 6.92 Å². The molecular weight excluding hydrogens is 246 g/mol. The number of rotatable bonds is 5. The number of likely N-dealkylation sites (tertiary alicyclic amines) is 1. The van der Waals surface area contributed by atoms with E-state index in [0.717, 1.165) is 13.0 Å². The van der Waals surface area contributed by atoms with Gasteiger partial charge in [-0.15, -0.1) is 0 Å². The average Bonchev–Trinajstić information content (AvgIpc) is 2.96. The number of esters is 1. The highest BCUT2D eigenvalue weighted by molar-refractivity contribution is 5.69. The quantitative estimate of drug-likeness (QED) is 0.710. The minimum absolute atomic E-state index is 0.172. The Bertz CT molecular complexity index is 323. The van der Waals surface area contributed by atoms with Gasteiger partial charge in [0, 0.05) is 12.5 Å². The van der Waals surface area contributed by atoms with Crippen molar-refractivity contribution in [1.29, 1.82) is 0 Å². The molecular formula is C14H25NO4. The Hall–Kier alpha value is -0.650. The molecule has 5 nitrogen and oxygen atoms in total. The van der Waals surface area contributed by atoms with Crippen LogP contribution < -0.4 is 0 Å². The molecule has 2 heterocycles. The number of ether oxygens (including phenoxy) is 3. The SMILES string of the molecule is CCN1CCCC1CC1(C)OCC(CC(=O)OC)O1. The third-order valence-electron chi connectivity index (χ3n) is 4.12. The number of methoxy groups -OCH3 is 1. The molecule has 0 N–H and O–H groups in total. The van der Waals surface area contributed by atoms with E-state index in [-0.39, 0.29) is 18.5 Å². The van der Waals surface area contributed by atoms with Crippen LogP contribution in [0.4, 0.5) is 0 Å². The zero-order chi connectivity index (χ0) is 13.9. The summed E-state index contributed by atoms with van der Waals surface area (Å²) in [6, 6.07) is 0.534. The molecule has 110 valence electrons. The molecule has 0 aromatic carbocycles. The van der Waals surface area contributed by atoms with Gasteiger partial charge in [0.05, 0.1) is 26.2 Å². The lowest BCUT2D eigenvalue weighted by Crippen LogP contribution is -2.38. The summed E-state index contributed by atoms with van der Waals surface area (Å²) in [4.78, 5) is 13.7. The first-order valence-corrected chi connectivity index (χ1v) is 7.19. The van der Waals surface area contributed by atoms with Crippen LogP contribution in [0.5, 0.6) is 0 Å². The lowest BCUT2D eigenvalue weighted by molar-refractivity contribution is -0.170. The number of carbonyl (C=O) groups excluding carboxylic acids is 1. The molecule has 0 radical (unpaired) electrons. The first-order chi connectivity index (χ1) is 9.06. The van der Waals surface area contributed by atoms with Crippen LogP contribution in [0, 0.1) is 0 Å². The van der Waals surface area contributed by atoms with E-state index >= 15 is 0 Å². The van der Waals surface area contributed by atoms with Gasteiger partial charge in [-0.2, -0.15) is 0 Å². The van der Waals surface area contributed by atoms with Crippen molar-refractivity contribution in [2.24, 2.45) is 0 Å². The van der Waals surface area contributed by atoms with Gasteiger partial charge in [0.15, 0.2) is 5.79 Å². The molecule has 2 rings (SSSR count). The first kappa shape index (κ1) is 14.8. The first-order valence-electron chi connectivity index (χ1n) is 7.19. The molecule has 0 spiro atoms. The molecule has 2 aliphatic rings. The summed E-state index contributed by atoms with van der Waals surface area (Å²) < 4.78 is 16.4. The molecule has 3 atom stereocenters. The maximum absolute atomic E-state index is 11.3. The largest absolute Gasteiger partial charge is 0.469 e. The molecule has 3 unspecified atom stereocenters. The monoisotopic (exact) mass is 271 g/mol. The van der Waals surface area contributed by atoms with Crippen molar-refractivity contribution in [3.63, 3.8) is 0 Å². The van der Waals surface area contributed by atoms with Crippen LogP contribution in [-0.2, 0) is 19.0 Å². The van der Waals surface area contributed by atoms with Crippen LogP contribution >= 0.6 is 0 Å². The van der Waals surface area contributed by atoms with Crippen LogP contribution in [0.1, 0.15) is 39.5 Å². The molecule has 2 fully saturated rings. The molecule has 0 aliphatic carbocycles. The second-order valence-corrected chi connectivity index (χ2v) is 5.59. The summed E-state index contributed by atoms with van der Waals surface area (Å²) in [5, 5.41) is 0. The third-order valence-corrected chi connectivity index (χ3v) is 4.12. The normalized spacial score (nSPS) is 35.7. The Labute approximate surface area is 115 Å². The highest BCUT2D eigenvalue weighted by atomic mass is 16.7. The van der Waals surface area contributed by atoms with Gasteiger partial charge in [-0.3, -0.25) is 4.79 Å². The second kappa shape index (κ2) is 6.20. The molecule has 0 aromatic rings. The lowest BCUT2D eigenvalue weighted by Gasteiger charge is -2.31. The van der Waals surface area contributed by atoms with Crippen molar-refractivity contribution in [3.05, 3.63) is 0 Å². The smallest absolute Gasteiger partial charge is 0.308 e. The minimum Gasteiger partial charge on any atom is -0.469 e. The summed E-state index contributed by atoms with van der Waals surface area (Å²) in [6.07, 6.45) is 3.43. The fourth-order valence-electron chi connectivity index (χ4n) is 3.14. The molecule has 0 saturated carbocycles. The van der Waals surface area contributed by atoms with E-state index in [0.29, 0.717) is 12.6 Å². The van der Waals surface area contributed by atoms with Crippen molar-refractivity contribution >= 4 is 5.97 Å². The van der Waals surface area contributed by atoms with E-state index < -0.39 is 5.79 Å². The third kappa shape index (κ3) is 3.68. The van der Waals surface area contributed by atoms with Gasteiger partial charge in [-0.05, 0) is 32.9 Å². The standard InChI is InChI=1S/C14H25NO4/c1-4-15-7-5-6-11(15)9-14(2)18-10-12(19-14)8-13(16)17-3/h11-12H,4-10H2,1-3H3. The van der Waals surface area contributed by atoms with Crippen LogP contribution in [-0.4, -0.2) is 55.6 Å². The summed E-state index contributed by atoms with van der Waals surface area (Å²) in [7, 11) is 1.40. The summed E-state index contributed by atoms with van der Waals surface area (Å²) in [6.45, 7) is 6.90. The van der Waals surface area contributed by atoms with E-state index in [4.69, 9.17) is 9.47 Å².